The Morgan fingerprint density at radius 3 is 2.11 bits per heavy atom. The van der Waals surface area contributed by atoms with Crippen LogP contribution in [0.25, 0.3) is 41.8 Å². The lowest BCUT2D eigenvalue weighted by molar-refractivity contribution is 0.415. The van der Waals surface area contributed by atoms with Crippen molar-refractivity contribution in [2.45, 2.75) is 0 Å². The van der Waals surface area contributed by atoms with E-state index in [2.05, 4.69) is 59.6 Å². The molecule has 2 aromatic heterocycles. The third kappa shape index (κ3) is 3.19. The summed E-state index contributed by atoms with van der Waals surface area (Å²) in [5.74, 6) is 0.860. The summed E-state index contributed by atoms with van der Waals surface area (Å²) in [6, 6.07) is 24.8. The second-order valence-electron chi connectivity index (χ2n) is 6.32. The number of ether oxygens (including phenoxy) is 1. The van der Waals surface area contributed by atoms with Gasteiger partial charge in [-0.3, -0.25) is 0 Å². The molecule has 0 aliphatic carbocycles. The zero-order chi connectivity index (χ0) is 18.9. The van der Waals surface area contributed by atoms with Crippen LogP contribution < -0.4 is 4.74 Å². The van der Waals surface area contributed by atoms with Crippen LogP contribution >= 0.6 is 22.7 Å². The van der Waals surface area contributed by atoms with E-state index in [9.17, 15) is 0 Å². The topological polar surface area (TPSA) is 35.0 Å². The summed E-state index contributed by atoms with van der Waals surface area (Å²) in [7, 11) is 1.68. The molecule has 0 spiro atoms. The number of thiazole rings is 2. The number of benzene rings is 3. The van der Waals surface area contributed by atoms with Crippen LogP contribution in [0.1, 0.15) is 0 Å². The highest BCUT2D eigenvalue weighted by Gasteiger charge is 2.09. The quantitative estimate of drug-likeness (QED) is 0.334. The maximum atomic E-state index is 5.23. The van der Waals surface area contributed by atoms with E-state index in [1.165, 1.54) is 4.70 Å². The Morgan fingerprint density at radius 1 is 0.714 bits per heavy atom. The van der Waals surface area contributed by atoms with Gasteiger partial charge in [-0.05, 0) is 42.0 Å². The normalized spacial score (nSPS) is 11.0. The predicted molar refractivity (Wildman–Crippen MR) is 118 cm³/mol. The molecular weight excluding hydrogens is 384 g/mol. The highest BCUT2D eigenvalue weighted by molar-refractivity contribution is 7.21. The van der Waals surface area contributed by atoms with Crippen LogP contribution in [0, 0.1) is 0 Å². The van der Waals surface area contributed by atoms with Gasteiger partial charge in [0.1, 0.15) is 15.8 Å². The van der Waals surface area contributed by atoms with Crippen molar-refractivity contribution in [3.63, 3.8) is 0 Å². The minimum Gasteiger partial charge on any atom is -0.497 e. The summed E-state index contributed by atoms with van der Waals surface area (Å²) in [6.07, 6.45) is 1.93. The standard InChI is InChI=1S/C23H16N2OS2/c1-26-18-12-10-15(11-13-18)21-14-24-22(28-21)16-6-8-17(9-7-16)23-25-19-4-2-3-5-20(19)27-23/h2-14H,1H3. The maximum absolute atomic E-state index is 5.23. The van der Waals surface area contributed by atoms with Gasteiger partial charge >= 0.3 is 0 Å². The van der Waals surface area contributed by atoms with E-state index < -0.39 is 0 Å². The van der Waals surface area contributed by atoms with E-state index in [4.69, 9.17) is 9.72 Å². The van der Waals surface area contributed by atoms with Gasteiger partial charge in [-0.1, -0.05) is 36.4 Å². The maximum Gasteiger partial charge on any atom is 0.124 e. The fourth-order valence-electron chi connectivity index (χ4n) is 3.05. The van der Waals surface area contributed by atoms with Gasteiger partial charge in [0.05, 0.1) is 22.2 Å². The van der Waals surface area contributed by atoms with Gasteiger partial charge in [0, 0.05) is 17.3 Å². The van der Waals surface area contributed by atoms with Gasteiger partial charge in [-0.15, -0.1) is 22.7 Å². The van der Waals surface area contributed by atoms with Gasteiger partial charge in [-0.25, -0.2) is 9.97 Å². The number of para-hydroxylation sites is 1. The molecule has 0 unspecified atom stereocenters. The van der Waals surface area contributed by atoms with E-state index in [1.54, 1.807) is 29.8 Å². The van der Waals surface area contributed by atoms with Crippen LogP contribution in [0.5, 0.6) is 5.75 Å². The largest absolute Gasteiger partial charge is 0.497 e. The number of methoxy groups -OCH3 is 1. The fourth-order valence-corrected chi connectivity index (χ4v) is 4.95. The van der Waals surface area contributed by atoms with Gasteiger partial charge < -0.3 is 4.74 Å². The summed E-state index contributed by atoms with van der Waals surface area (Å²) in [6.45, 7) is 0. The first-order valence-electron chi connectivity index (χ1n) is 8.87. The molecular formula is C23H16N2OS2. The lowest BCUT2D eigenvalue weighted by atomic mass is 10.1. The number of hydrogen-bond acceptors (Lipinski definition) is 5. The van der Waals surface area contributed by atoms with Crippen molar-refractivity contribution in [1.29, 1.82) is 0 Å². The average Bonchev–Trinajstić information content (AvgIpc) is 3.41. The molecule has 2 heterocycles. The Hall–Kier alpha value is -3.02. The Morgan fingerprint density at radius 2 is 1.39 bits per heavy atom. The molecule has 28 heavy (non-hydrogen) atoms. The Kier molecular flexibility index (Phi) is 4.39. The third-order valence-corrected chi connectivity index (χ3v) is 6.73. The van der Waals surface area contributed by atoms with Crippen molar-refractivity contribution in [1.82, 2.24) is 9.97 Å². The van der Waals surface area contributed by atoms with Crippen molar-refractivity contribution >= 4 is 32.9 Å². The zero-order valence-corrected chi connectivity index (χ0v) is 16.8. The zero-order valence-electron chi connectivity index (χ0n) is 15.1. The molecule has 3 aromatic carbocycles. The first kappa shape index (κ1) is 17.1. The second kappa shape index (κ2) is 7.19. The summed E-state index contributed by atoms with van der Waals surface area (Å²) >= 11 is 3.42. The molecule has 5 aromatic rings. The number of fused-ring (bicyclic) bond motifs is 1. The third-order valence-electron chi connectivity index (χ3n) is 4.55. The molecule has 5 rings (SSSR count). The molecule has 5 heteroatoms. The molecule has 0 aliphatic heterocycles. The Labute approximate surface area is 170 Å². The first-order valence-corrected chi connectivity index (χ1v) is 10.5. The molecule has 0 saturated carbocycles. The summed E-state index contributed by atoms with van der Waals surface area (Å²) in [5.41, 5.74) is 4.46. The average molecular weight is 401 g/mol. The van der Waals surface area contributed by atoms with Crippen LogP contribution in [0.2, 0.25) is 0 Å². The van der Waals surface area contributed by atoms with Crippen molar-refractivity contribution < 1.29 is 4.74 Å². The summed E-state index contributed by atoms with van der Waals surface area (Å²) in [4.78, 5) is 10.5. The number of nitrogens with zero attached hydrogens (tertiary/aromatic N) is 2. The van der Waals surface area contributed by atoms with Gasteiger partial charge in [0.2, 0.25) is 0 Å². The van der Waals surface area contributed by atoms with Gasteiger partial charge in [0.25, 0.3) is 0 Å². The number of aromatic nitrogens is 2. The lowest BCUT2D eigenvalue weighted by Crippen LogP contribution is -1.81. The molecule has 136 valence electrons. The van der Waals surface area contributed by atoms with Crippen LogP contribution in [0.4, 0.5) is 0 Å². The minimum absolute atomic E-state index is 0.860. The highest BCUT2D eigenvalue weighted by Crippen LogP contribution is 2.35. The van der Waals surface area contributed by atoms with Crippen molar-refractivity contribution in [2.24, 2.45) is 0 Å². The number of hydrogen-bond donors (Lipinski definition) is 0. The monoisotopic (exact) mass is 400 g/mol. The molecule has 0 aliphatic rings. The summed E-state index contributed by atoms with van der Waals surface area (Å²) < 4.78 is 6.44. The Balaban J connectivity index is 1.42. The molecule has 0 radical (unpaired) electrons. The molecule has 0 saturated heterocycles. The molecule has 0 bridgehead atoms. The van der Waals surface area contributed by atoms with Crippen LogP contribution in [-0.4, -0.2) is 17.1 Å². The van der Waals surface area contributed by atoms with Crippen LogP contribution in [0.3, 0.4) is 0 Å². The lowest BCUT2D eigenvalue weighted by Gasteiger charge is -2.01. The van der Waals surface area contributed by atoms with E-state index in [0.717, 1.165) is 42.8 Å². The van der Waals surface area contributed by atoms with Crippen molar-refractivity contribution in [3.8, 4) is 37.3 Å². The van der Waals surface area contributed by atoms with Crippen LogP contribution in [0.15, 0.2) is 79.0 Å². The first-order chi connectivity index (χ1) is 13.8. The van der Waals surface area contributed by atoms with Gasteiger partial charge in [0.15, 0.2) is 0 Å². The molecule has 3 nitrogen and oxygen atoms in total. The molecule has 0 atom stereocenters. The van der Waals surface area contributed by atoms with Crippen LogP contribution in [-0.2, 0) is 0 Å². The minimum atomic E-state index is 0.860. The fraction of sp³-hybridized carbons (Fsp3) is 0.0435. The van der Waals surface area contributed by atoms with E-state index >= 15 is 0 Å². The predicted octanol–water partition coefficient (Wildman–Crippen LogP) is 6.76. The molecule has 0 fully saturated rings. The summed E-state index contributed by atoms with van der Waals surface area (Å²) in [5, 5.41) is 2.06. The highest BCUT2D eigenvalue weighted by atomic mass is 32.1. The SMILES string of the molecule is COc1ccc(-c2cnc(-c3ccc(-c4nc5ccccc5s4)cc3)s2)cc1. The second-order valence-corrected chi connectivity index (χ2v) is 8.38. The number of rotatable bonds is 4. The van der Waals surface area contributed by atoms with Crippen molar-refractivity contribution in [2.75, 3.05) is 7.11 Å². The Bertz CT molecular complexity index is 1200. The molecule has 0 N–H and O–H groups in total. The smallest absolute Gasteiger partial charge is 0.124 e. The van der Waals surface area contributed by atoms with E-state index in [-0.39, 0.29) is 0 Å². The van der Waals surface area contributed by atoms with Gasteiger partial charge in [-0.2, -0.15) is 0 Å². The molecule has 0 amide bonds. The van der Waals surface area contributed by atoms with Crippen molar-refractivity contribution in [3.05, 3.63) is 79.0 Å². The van der Waals surface area contributed by atoms with E-state index in [0.29, 0.717) is 0 Å². The van der Waals surface area contributed by atoms with E-state index in [1.807, 2.05) is 24.4 Å².